The standard InChI is InChI=1S/C30H36N4O8/c1-17(15-31)27(39)41-11-9-33-21(35)13-29(5,6)23-19(3)26(38)24(20(4)25(23)37)30(7,8)14-22(36)34-10-12-42-28(40)18(2)16-32/h1-2,9-14H2,3-8H3,(H,33,35)(H,34,36). The Labute approximate surface area is 245 Å². The zero-order chi connectivity index (χ0) is 32.4. The van der Waals surface area contributed by atoms with Gasteiger partial charge in [0.2, 0.25) is 11.8 Å². The quantitative estimate of drug-likeness (QED) is 0.101. The van der Waals surface area contributed by atoms with Gasteiger partial charge in [-0.1, -0.05) is 40.9 Å². The normalized spacial score (nSPS) is 13.5. The van der Waals surface area contributed by atoms with Crippen LogP contribution in [0.4, 0.5) is 0 Å². The van der Waals surface area contributed by atoms with E-state index >= 15 is 0 Å². The molecule has 0 saturated carbocycles. The van der Waals surface area contributed by atoms with E-state index in [1.165, 1.54) is 13.8 Å². The Hall–Kier alpha value is -4.84. The van der Waals surface area contributed by atoms with Crippen molar-refractivity contribution in [3.05, 3.63) is 46.6 Å². The van der Waals surface area contributed by atoms with E-state index in [1.54, 1.807) is 39.8 Å². The fraction of sp³-hybridized carbons (Fsp3) is 0.467. The Morgan fingerprint density at radius 2 is 1.02 bits per heavy atom. The molecule has 0 radical (unpaired) electrons. The first kappa shape index (κ1) is 35.2. The smallest absolute Gasteiger partial charge is 0.348 e. The van der Waals surface area contributed by atoms with Crippen LogP contribution in [0, 0.1) is 33.5 Å². The van der Waals surface area contributed by atoms with Crippen molar-refractivity contribution in [3.8, 4) is 12.1 Å². The highest BCUT2D eigenvalue weighted by Gasteiger charge is 2.43. The third-order valence-electron chi connectivity index (χ3n) is 6.52. The minimum Gasteiger partial charge on any atom is -0.460 e. The first-order chi connectivity index (χ1) is 19.4. The van der Waals surface area contributed by atoms with Crippen molar-refractivity contribution in [1.29, 1.82) is 10.5 Å². The topological polar surface area (TPSA) is 193 Å². The highest BCUT2D eigenvalue weighted by Crippen LogP contribution is 2.44. The van der Waals surface area contributed by atoms with Gasteiger partial charge in [0.1, 0.15) is 36.5 Å². The fourth-order valence-corrected chi connectivity index (χ4v) is 4.61. The van der Waals surface area contributed by atoms with E-state index in [1.807, 2.05) is 0 Å². The van der Waals surface area contributed by atoms with Gasteiger partial charge in [0.05, 0.1) is 13.1 Å². The lowest BCUT2D eigenvalue weighted by atomic mass is 9.66. The van der Waals surface area contributed by atoms with Crippen LogP contribution in [0.3, 0.4) is 0 Å². The summed E-state index contributed by atoms with van der Waals surface area (Å²) in [7, 11) is 0. The molecule has 2 N–H and O–H groups in total. The fourth-order valence-electron chi connectivity index (χ4n) is 4.61. The summed E-state index contributed by atoms with van der Waals surface area (Å²) < 4.78 is 9.65. The average molecular weight is 581 g/mol. The summed E-state index contributed by atoms with van der Waals surface area (Å²) in [4.78, 5) is 75.3. The van der Waals surface area contributed by atoms with Gasteiger partial charge in [-0.3, -0.25) is 19.2 Å². The molecule has 42 heavy (non-hydrogen) atoms. The van der Waals surface area contributed by atoms with E-state index in [0.29, 0.717) is 0 Å². The largest absolute Gasteiger partial charge is 0.460 e. The van der Waals surface area contributed by atoms with E-state index in [0.717, 1.165) is 0 Å². The number of amides is 2. The lowest BCUT2D eigenvalue weighted by Crippen LogP contribution is -2.39. The number of carbonyl (C=O) groups excluding carboxylic acids is 6. The monoisotopic (exact) mass is 580 g/mol. The summed E-state index contributed by atoms with van der Waals surface area (Å²) in [5.41, 5.74) is -2.03. The van der Waals surface area contributed by atoms with Crippen LogP contribution in [0.25, 0.3) is 0 Å². The summed E-state index contributed by atoms with van der Waals surface area (Å²) >= 11 is 0. The molecule has 12 nitrogen and oxygen atoms in total. The maximum atomic E-state index is 13.6. The SMILES string of the molecule is C=C(C#N)C(=O)OCCNC(=O)CC(C)(C)C1=C(C)C(=O)C(C(C)(C)CC(=O)NCCOC(=O)C(=C)C#N)=C(C)C1=O. The van der Waals surface area contributed by atoms with Gasteiger partial charge >= 0.3 is 11.9 Å². The first-order valence-electron chi connectivity index (χ1n) is 13.0. The number of carbonyl (C=O) groups is 6. The second-order valence-corrected chi connectivity index (χ2v) is 10.9. The summed E-state index contributed by atoms with van der Waals surface area (Å²) in [5, 5.41) is 22.4. The number of nitrogens with zero attached hydrogens (tertiary/aromatic N) is 2. The molecule has 0 fully saturated rings. The maximum absolute atomic E-state index is 13.6. The van der Waals surface area contributed by atoms with Gasteiger partial charge in [-0.15, -0.1) is 0 Å². The number of nitriles is 2. The molecule has 0 unspecified atom stereocenters. The zero-order valence-corrected chi connectivity index (χ0v) is 24.8. The van der Waals surface area contributed by atoms with E-state index in [4.69, 9.17) is 20.0 Å². The molecule has 0 aromatic heterocycles. The van der Waals surface area contributed by atoms with Crippen LogP contribution in [0.2, 0.25) is 0 Å². The number of rotatable bonds is 14. The molecule has 0 spiro atoms. The lowest BCUT2D eigenvalue weighted by molar-refractivity contribution is -0.139. The summed E-state index contributed by atoms with van der Waals surface area (Å²) in [6.45, 7) is 15.8. The number of esters is 2. The van der Waals surface area contributed by atoms with Crippen LogP contribution in [-0.2, 0) is 38.2 Å². The molecule has 0 aromatic rings. The molecule has 1 rings (SSSR count). The molecule has 0 aliphatic heterocycles. The van der Waals surface area contributed by atoms with Crippen LogP contribution in [0.5, 0.6) is 0 Å². The minimum absolute atomic E-state index is 0.0266. The van der Waals surface area contributed by atoms with Gasteiger partial charge in [-0.2, -0.15) is 10.5 Å². The third-order valence-corrected chi connectivity index (χ3v) is 6.52. The van der Waals surface area contributed by atoms with Crippen molar-refractivity contribution in [2.75, 3.05) is 26.3 Å². The van der Waals surface area contributed by atoms with Crippen molar-refractivity contribution >= 4 is 35.3 Å². The molecule has 0 aromatic carbocycles. The number of ether oxygens (including phenoxy) is 2. The Kier molecular flexibility index (Phi) is 12.3. The Balaban J connectivity index is 2.91. The summed E-state index contributed by atoms with van der Waals surface area (Å²) in [5.74, 6) is -3.46. The van der Waals surface area contributed by atoms with E-state index < -0.39 is 46.1 Å². The number of hydrogen-bond donors (Lipinski definition) is 2. The van der Waals surface area contributed by atoms with Crippen molar-refractivity contribution in [3.63, 3.8) is 0 Å². The molecule has 1 aliphatic rings. The molecular weight excluding hydrogens is 544 g/mol. The summed E-state index contributed by atoms with van der Waals surface area (Å²) in [6.07, 6.45) is -0.281. The molecule has 0 atom stereocenters. The molecule has 12 heteroatoms. The second kappa shape index (κ2) is 14.7. The average Bonchev–Trinajstić information content (AvgIpc) is 2.90. The molecule has 0 heterocycles. The highest BCUT2D eigenvalue weighted by atomic mass is 16.5. The second-order valence-electron chi connectivity index (χ2n) is 10.9. The predicted octanol–water partition coefficient (Wildman–Crippen LogP) is 2.08. The first-order valence-corrected chi connectivity index (χ1v) is 13.0. The van der Waals surface area contributed by atoms with E-state index in [-0.39, 0.29) is 72.6 Å². The molecule has 0 bridgehead atoms. The van der Waals surface area contributed by atoms with Gasteiger partial charge in [0.15, 0.2) is 11.6 Å². The summed E-state index contributed by atoms with van der Waals surface area (Å²) in [6, 6.07) is 3.13. The van der Waals surface area contributed by atoms with Crippen molar-refractivity contribution in [2.45, 2.75) is 54.4 Å². The Morgan fingerprint density at radius 3 is 1.31 bits per heavy atom. The Bertz CT molecular complexity index is 1260. The molecule has 2 amide bonds. The maximum Gasteiger partial charge on any atom is 0.348 e. The molecule has 224 valence electrons. The molecule has 0 saturated heterocycles. The Morgan fingerprint density at radius 1 is 0.714 bits per heavy atom. The van der Waals surface area contributed by atoms with Crippen LogP contribution in [0.15, 0.2) is 46.6 Å². The molecule has 1 aliphatic carbocycles. The van der Waals surface area contributed by atoms with Crippen LogP contribution < -0.4 is 10.6 Å². The van der Waals surface area contributed by atoms with Crippen LogP contribution >= 0.6 is 0 Å². The lowest BCUT2D eigenvalue weighted by Gasteiger charge is -2.36. The van der Waals surface area contributed by atoms with Gasteiger partial charge in [0.25, 0.3) is 0 Å². The number of hydrogen-bond acceptors (Lipinski definition) is 10. The van der Waals surface area contributed by atoms with Gasteiger partial charge in [-0.05, 0) is 13.8 Å². The minimum atomic E-state index is -1.03. The van der Waals surface area contributed by atoms with Crippen molar-refractivity contribution in [1.82, 2.24) is 10.6 Å². The van der Waals surface area contributed by atoms with Crippen LogP contribution in [-0.4, -0.2) is 61.6 Å². The van der Waals surface area contributed by atoms with Crippen LogP contribution in [0.1, 0.15) is 54.4 Å². The van der Waals surface area contributed by atoms with Gasteiger partial charge in [-0.25, -0.2) is 9.59 Å². The zero-order valence-electron chi connectivity index (χ0n) is 24.8. The molecular formula is C30H36N4O8. The number of allylic oxidation sites excluding steroid dienone is 4. The van der Waals surface area contributed by atoms with Crippen molar-refractivity contribution < 1.29 is 38.2 Å². The third kappa shape index (κ3) is 9.10. The van der Waals surface area contributed by atoms with E-state index in [2.05, 4.69) is 23.8 Å². The van der Waals surface area contributed by atoms with Gasteiger partial charge < -0.3 is 20.1 Å². The van der Waals surface area contributed by atoms with E-state index in [9.17, 15) is 28.8 Å². The number of nitrogens with one attached hydrogen (secondary N) is 2. The van der Waals surface area contributed by atoms with Crippen molar-refractivity contribution in [2.24, 2.45) is 10.8 Å². The number of Topliss-reactive ketones (excluding diaryl/α,β-unsaturated/α-hetero) is 2. The number of ketones is 2. The van der Waals surface area contributed by atoms with Gasteiger partial charge in [0, 0.05) is 46.0 Å². The highest BCUT2D eigenvalue weighted by molar-refractivity contribution is 6.26. The predicted molar refractivity (Wildman–Crippen MR) is 150 cm³/mol.